The van der Waals surface area contributed by atoms with Crippen LogP contribution in [0.25, 0.3) is 10.8 Å². The minimum atomic E-state index is 0.650. The van der Waals surface area contributed by atoms with E-state index in [9.17, 15) is 0 Å². The standard InChI is InChI=1S/C16H20N2OS/c1-2-19-11-5-10-17-16(20)18-15-9-8-13-6-3-4-7-14(13)12-15/h3-4,6-9,12H,2,5,10-11H2,1H3,(H2,17,18,20). The molecule has 0 unspecified atom stereocenters. The molecule has 4 heteroatoms. The highest BCUT2D eigenvalue weighted by molar-refractivity contribution is 7.80. The quantitative estimate of drug-likeness (QED) is 0.629. The molecule has 0 aliphatic heterocycles. The van der Waals surface area contributed by atoms with Gasteiger partial charge < -0.3 is 15.4 Å². The molecule has 0 radical (unpaired) electrons. The summed E-state index contributed by atoms with van der Waals surface area (Å²) in [6.45, 7) is 4.35. The van der Waals surface area contributed by atoms with E-state index in [-0.39, 0.29) is 0 Å². The minimum absolute atomic E-state index is 0.650. The van der Waals surface area contributed by atoms with Gasteiger partial charge in [-0.1, -0.05) is 30.3 Å². The summed E-state index contributed by atoms with van der Waals surface area (Å²) in [5, 5.41) is 9.47. The number of hydrogen-bond donors (Lipinski definition) is 2. The third-order valence-electron chi connectivity index (χ3n) is 2.96. The van der Waals surface area contributed by atoms with Crippen molar-refractivity contribution in [2.24, 2.45) is 0 Å². The summed E-state index contributed by atoms with van der Waals surface area (Å²) < 4.78 is 5.28. The average Bonchev–Trinajstić information content (AvgIpc) is 2.47. The first-order chi connectivity index (χ1) is 9.79. The van der Waals surface area contributed by atoms with Gasteiger partial charge in [-0.05, 0) is 48.5 Å². The van der Waals surface area contributed by atoms with Gasteiger partial charge in [0.2, 0.25) is 0 Å². The Labute approximate surface area is 125 Å². The van der Waals surface area contributed by atoms with Crippen LogP contribution in [0.1, 0.15) is 13.3 Å². The van der Waals surface area contributed by atoms with Crippen LogP contribution in [0.5, 0.6) is 0 Å². The lowest BCUT2D eigenvalue weighted by Gasteiger charge is -2.11. The van der Waals surface area contributed by atoms with E-state index in [2.05, 4.69) is 34.9 Å². The van der Waals surface area contributed by atoms with Gasteiger partial charge in [0, 0.05) is 25.4 Å². The van der Waals surface area contributed by atoms with Gasteiger partial charge in [-0.3, -0.25) is 0 Å². The number of anilines is 1. The van der Waals surface area contributed by atoms with Gasteiger partial charge in [-0.25, -0.2) is 0 Å². The van der Waals surface area contributed by atoms with Crippen LogP contribution in [-0.4, -0.2) is 24.9 Å². The average molecular weight is 288 g/mol. The predicted molar refractivity (Wildman–Crippen MR) is 89.3 cm³/mol. The molecule has 2 aromatic rings. The van der Waals surface area contributed by atoms with Crippen LogP contribution in [0, 0.1) is 0 Å². The number of thiocarbonyl (C=S) groups is 1. The third-order valence-corrected chi connectivity index (χ3v) is 3.21. The van der Waals surface area contributed by atoms with Gasteiger partial charge in [0.05, 0.1) is 0 Å². The van der Waals surface area contributed by atoms with Crippen molar-refractivity contribution in [1.82, 2.24) is 5.32 Å². The Morgan fingerprint density at radius 2 is 1.95 bits per heavy atom. The lowest BCUT2D eigenvalue weighted by molar-refractivity contribution is 0.146. The Bertz CT molecular complexity index is 571. The fourth-order valence-corrected chi connectivity index (χ4v) is 2.18. The molecule has 2 N–H and O–H groups in total. The summed E-state index contributed by atoms with van der Waals surface area (Å²) in [6.07, 6.45) is 0.952. The first-order valence-electron chi connectivity index (χ1n) is 6.91. The van der Waals surface area contributed by atoms with Crippen molar-refractivity contribution in [2.45, 2.75) is 13.3 Å². The van der Waals surface area contributed by atoms with E-state index in [0.717, 1.165) is 31.9 Å². The Hall–Kier alpha value is -1.65. The normalized spacial score (nSPS) is 10.4. The molecular formula is C16H20N2OS. The molecule has 0 spiro atoms. The van der Waals surface area contributed by atoms with E-state index in [1.165, 1.54) is 10.8 Å². The summed E-state index contributed by atoms with van der Waals surface area (Å²) in [6, 6.07) is 14.5. The molecule has 2 rings (SSSR count). The molecule has 2 aromatic carbocycles. The molecule has 106 valence electrons. The Kier molecular flexibility index (Phi) is 5.77. The third kappa shape index (κ3) is 4.47. The van der Waals surface area contributed by atoms with Crippen LogP contribution in [0.2, 0.25) is 0 Å². The molecule has 3 nitrogen and oxygen atoms in total. The van der Waals surface area contributed by atoms with Crippen molar-refractivity contribution < 1.29 is 4.74 Å². The molecular weight excluding hydrogens is 268 g/mol. The molecule has 20 heavy (non-hydrogen) atoms. The zero-order valence-electron chi connectivity index (χ0n) is 11.7. The van der Waals surface area contributed by atoms with E-state index in [0.29, 0.717) is 5.11 Å². The zero-order valence-corrected chi connectivity index (χ0v) is 12.5. The van der Waals surface area contributed by atoms with Gasteiger partial charge in [0.1, 0.15) is 0 Å². The van der Waals surface area contributed by atoms with Crippen molar-refractivity contribution in [3.05, 3.63) is 42.5 Å². The first kappa shape index (κ1) is 14.8. The molecule has 0 amide bonds. The Balaban J connectivity index is 1.83. The lowest BCUT2D eigenvalue weighted by Crippen LogP contribution is -2.29. The zero-order chi connectivity index (χ0) is 14.2. The van der Waals surface area contributed by atoms with E-state index >= 15 is 0 Å². The van der Waals surface area contributed by atoms with Crippen molar-refractivity contribution in [1.29, 1.82) is 0 Å². The summed E-state index contributed by atoms with van der Waals surface area (Å²) >= 11 is 5.27. The Morgan fingerprint density at radius 1 is 1.15 bits per heavy atom. The number of hydrogen-bond acceptors (Lipinski definition) is 2. The van der Waals surface area contributed by atoms with Crippen LogP contribution < -0.4 is 10.6 Å². The van der Waals surface area contributed by atoms with Crippen LogP contribution in [0.15, 0.2) is 42.5 Å². The van der Waals surface area contributed by atoms with Crippen LogP contribution in [0.4, 0.5) is 5.69 Å². The second-order valence-electron chi connectivity index (χ2n) is 4.49. The van der Waals surface area contributed by atoms with Gasteiger partial charge in [0.15, 0.2) is 5.11 Å². The van der Waals surface area contributed by atoms with E-state index < -0.39 is 0 Å². The topological polar surface area (TPSA) is 33.3 Å². The predicted octanol–water partition coefficient (Wildman–Crippen LogP) is 3.55. The maximum absolute atomic E-state index is 5.28. The molecule has 0 saturated carbocycles. The summed E-state index contributed by atoms with van der Waals surface area (Å²) in [5.74, 6) is 0. The van der Waals surface area contributed by atoms with Crippen molar-refractivity contribution in [3.63, 3.8) is 0 Å². The number of benzene rings is 2. The molecule has 0 atom stereocenters. The second kappa shape index (κ2) is 7.82. The fraction of sp³-hybridized carbons (Fsp3) is 0.312. The molecule has 0 aliphatic rings. The van der Waals surface area contributed by atoms with Gasteiger partial charge in [-0.15, -0.1) is 0 Å². The highest BCUT2D eigenvalue weighted by Gasteiger charge is 1.99. The van der Waals surface area contributed by atoms with Gasteiger partial charge in [0.25, 0.3) is 0 Å². The fourth-order valence-electron chi connectivity index (χ4n) is 1.96. The number of ether oxygens (including phenoxy) is 1. The van der Waals surface area contributed by atoms with Crippen molar-refractivity contribution >= 4 is 33.8 Å². The van der Waals surface area contributed by atoms with Gasteiger partial charge in [-0.2, -0.15) is 0 Å². The lowest BCUT2D eigenvalue weighted by atomic mass is 10.1. The number of nitrogens with one attached hydrogen (secondary N) is 2. The van der Waals surface area contributed by atoms with Crippen molar-refractivity contribution in [2.75, 3.05) is 25.1 Å². The highest BCUT2D eigenvalue weighted by atomic mass is 32.1. The smallest absolute Gasteiger partial charge is 0.170 e. The summed E-state index contributed by atoms with van der Waals surface area (Å²) in [7, 11) is 0. The Morgan fingerprint density at radius 3 is 2.75 bits per heavy atom. The van der Waals surface area contributed by atoms with E-state index in [1.807, 2.05) is 25.1 Å². The molecule has 0 bridgehead atoms. The van der Waals surface area contributed by atoms with E-state index in [1.54, 1.807) is 0 Å². The van der Waals surface area contributed by atoms with E-state index in [4.69, 9.17) is 17.0 Å². The molecule has 0 heterocycles. The van der Waals surface area contributed by atoms with Crippen molar-refractivity contribution in [3.8, 4) is 0 Å². The molecule has 0 saturated heterocycles. The molecule has 0 fully saturated rings. The maximum Gasteiger partial charge on any atom is 0.170 e. The molecule has 0 aromatic heterocycles. The monoisotopic (exact) mass is 288 g/mol. The first-order valence-corrected chi connectivity index (χ1v) is 7.32. The largest absolute Gasteiger partial charge is 0.382 e. The number of fused-ring (bicyclic) bond motifs is 1. The van der Waals surface area contributed by atoms with Crippen LogP contribution >= 0.6 is 12.2 Å². The summed E-state index contributed by atoms with van der Waals surface area (Å²) in [5.41, 5.74) is 1.01. The van der Waals surface area contributed by atoms with Crippen LogP contribution in [0.3, 0.4) is 0 Å². The summed E-state index contributed by atoms with van der Waals surface area (Å²) in [4.78, 5) is 0. The number of rotatable bonds is 6. The molecule has 0 aliphatic carbocycles. The SMILES string of the molecule is CCOCCCNC(=S)Nc1ccc2ccccc2c1. The minimum Gasteiger partial charge on any atom is -0.382 e. The second-order valence-corrected chi connectivity index (χ2v) is 4.90. The highest BCUT2D eigenvalue weighted by Crippen LogP contribution is 2.18. The maximum atomic E-state index is 5.28. The van der Waals surface area contributed by atoms with Crippen LogP contribution in [-0.2, 0) is 4.74 Å². The van der Waals surface area contributed by atoms with Gasteiger partial charge >= 0.3 is 0 Å².